The van der Waals surface area contributed by atoms with E-state index in [-0.39, 0.29) is 5.91 Å². The monoisotopic (exact) mass is 274 g/mol. The summed E-state index contributed by atoms with van der Waals surface area (Å²) in [5, 5.41) is 6.31. The number of nitrogens with one attached hydrogen (secondary N) is 2. The molecule has 1 fully saturated rings. The molecule has 3 heteroatoms. The number of rotatable bonds is 7. The average Bonchev–Trinajstić information content (AvgIpc) is 2.97. The summed E-state index contributed by atoms with van der Waals surface area (Å²) in [4.78, 5) is 12.0. The summed E-state index contributed by atoms with van der Waals surface area (Å²) < 4.78 is 0. The highest BCUT2D eigenvalue weighted by atomic mass is 16.1. The van der Waals surface area contributed by atoms with Crippen LogP contribution in [-0.2, 0) is 11.3 Å². The highest BCUT2D eigenvalue weighted by molar-refractivity contribution is 5.90. The number of benzene rings is 1. The van der Waals surface area contributed by atoms with Gasteiger partial charge in [-0.1, -0.05) is 44.7 Å². The summed E-state index contributed by atoms with van der Waals surface area (Å²) in [5.74, 6) is 0.929. The maximum absolute atomic E-state index is 12.0. The summed E-state index contributed by atoms with van der Waals surface area (Å²) in [7, 11) is 0. The number of carbonyl (C=O) groups is 1. The quantitative estimate of drug-likeness (QED) is 0.796. The second-order valence-electron chi connectivity index (χ2n) is 5.72. The van der Waals surface area contributed by atoms with Crippen LogP contribution in [-0.4, -0.2) is 12.5 Å². The van der Waals surface area contributed by atoms with Crippen molar-refractivity contribution in [2.24, 2.45) is 5.92 Å². The Kier molecular flexibility index (Phi) is 6.06. The lowest BCUT2D eigenvalue weighted by Crippen LogP contribution is -2.14. The first-order valence-electron chi connectivity index (χ1n) is 7.87. The third kappa shape index (κ3) is 4.97. The van der Waals surface area contributed by atoms with Gasteiger partial charge < -0.3 is 10.6 Å². The summed E-state index contributed by atoms with van der Waals surface area (Å²) in [6.45, 7) is 3.90. The third-order valence-electron chi connectivity index (χ3n) is 4.04. The summed E-state index contributed by atoms with van der Waals surface area (Å²) in [6, 6.07) is 8.09. The molecule has 2 N–H and O–H groups in total. The van der Waals surface area contributed by atoms with Crippen LogP contribution in [0.3, 0.4) is 0 Å². The van der Waals surface area contributed by atoms with Crippen LogP contribution in [0.5, 0.6) is 0 Å². The standard InChI is InChI=1S/C17H26N2O/c1-2-18-13-15-8-5-9-16(12-15)19-17(20)11-10-14-6-3-4-7-14/h5,8-9,12,14,18H,2-4,6-7,10-11,13H2,1H3,(H,19,20). The molecule has 0 saturated heterocycles. The first kappa shape index (κ1) is 15.0. The second kappa shape index (κ2) is 8.05. The lowest BCUT2D eigenvalue weighted by atomic mass is 10.0. The highest BCUT2D eigenvalue weighted by Gasteiger charge is 2.16. The lowest BCUT2D eigenvalue weighted by molar-refractivity contribution is -0.116. The molecule has 3 nitrogen and oxygen atoms in total. The van der Waals surface area contributed by atoms with Crippen molar-refractivity contribution in [3.05, 3.63) is 29.8 Å². The first-order valence-corrected chi connectivity index (χ1v) is 7.87. The van der Waals surface area contributed by atoms with Crippen LogP contribution < -0.4 is 10.6 Å². The van der Waals surface area contributed by atoms with E-state index < -0.39 is 0 Å². The zero-order valence-electron chi connectivity index (χ0n) is 12.5. The van der Waals surface area contributed by atoms with E-state index in [4.69, 9.17) is 0 Å². The normalized spacial score (nSPS) is 15.4. The first-order chi connectivity index (χ1) is 9.78. The van der Waals surface area contributed by atoms with E-state index in [1.807, 2.05) is 12.1 Å². The molecular weight excluding hydrogens is 248 g/mol. The van der Waals surface area contributed by atoms with Gasteiger partial charge in [0.1, 0.15) is 0 Å². The van der Waals surface area contributed by atoms with Crippen LogP contribution in [0.25, 0.3) is 0 Å². The van der Waals surface area contributed by atoms with Crippen molar-refractivity contribution in [3.63, 3.8) is 0 Å². The van der Waals surface area contributed by atoms with Gasteiger partial charge in [0.25, 0.3) is 0 Å². The Bertz CT molecular complexity index is 425. The van der Waals surface area contributed by atoms with E-state index in [1.165, 1.54) is 31.2 Å². The van der Waals surface area contributed by atoms with E-state index >= 15 is 0 Å². The fourth-order valence-electron chi connectivity index (χ4n) is 2.89. The van der Waals surface area contributed by atoms with Crippen LogP contribution in [0, 0.1) is 5.92 Å². The van der Waals surface area contributed by atoms with Crippen LogP contribution in [0.1, 0.15) is 51.0 Å². The van der Waals surface area contributed by atoms with E-state index in [1.54, 1.807) is 0 Å². The Labute approximate surface area is 122 Å². The van der Waals surface area contributed by atoms with Gasteiger partial charge in [0.05, 0.1) is 0 Å². The number of amides is 1. The molecule has 0 aliphatic heterocycles. The predicted octanol–water partition coefficient (Wildman–Crippen LogP) is 3.71. The molecule has 0 aromatic heterocycles. The minimum Gasteiger partial charge on any atom is -0.326 e. The topological polar surface area (TPSA) is 41.1 Å². The smallest absolute Gasteiger partial charge is 0.224 e. The molecule has 2 rings (SSSR count). The fourth-order valence-corrected chi connectivity index (χ4v) is 2.89. The van der Waals surface area contributed by atoms with Crippen molar-refractivity contribution in [1.82, 2.24) is 5.32 Å². The fraction of sp³-hybridized carbons (Fsp3) is 0.588. The zero-order chi connectivity index (χ0) is 14.2. The maximum Gasteiger partial charge on any atom is 0.224 e. The van der Waals surface area contributed by atoms with Gasteiger partial charge in [0, 0.05) is 18.7 Å². The van der Waals surface area contributed by atoms with Crippen molar-refractivity contribution in [3.8, 4) is 0 Å². The van der Waals surface area contributed by atoms with Gasteiger partial charge in [0.2, 0.25) is 5.91 Å². The number of hydrogen-bond donors (Lipinski definition) is 2. The van der Waals surface area contributed by atoms with Crippen molar-refractivity contribution < 1.29 is 4.79 Å². The number of carbonyl (C=O) groups excluding carboxylic acids is 1. The van der Waals surface area contributed by atoms with Crippen LogP contribution in [0.2, 0.25) is 0 Å². The van der Waals surface area contributed by atoms with E-state index in [0.717, 1.165) is 31.1 Å². The molecule has 0 bridgehead atoms. The summed E-state index contributed by atoms with van der Waals surface area (Å²) in [6.07, 6.45) is 7.01. The van der Waals surface area contributed by atoms with E-state index in [0.29, 0.717) is 6.42 Å². The molecule has 1 aliphatic carbocycles. The molecule has 20 heavy (non-hydrogen) atoms. The molecule has 1 aromatic rings. The van der Waals surface area contributed by atoms with Gasteiger partial charge in [0.15, 0.2) is 0 Å². The Morgan fingerprint density at radius 3 is 2.85 bits per heavy atom. The Hall–Kier alpha value is -1.35. The van der Waals surface area contributed by atoms with Crippen molar-refractivity contribution in [2.75, 3.05) is 11.9 Å². The van der Waals surface area contributed by atoms with Crippen LogP contribution >= 0.6 is 0 Å². The van der Waals surface area contributed by atoms with Crippen LogP contribution in [0.4, 0.5) is 5.69 Å². The molecular formula is C17H26N2O. The summed E-state index contributed by atoms with van der Waals surface area (Å²) >= 11 is 0. The number of anilines is 1. The van der Waals surface area contributed by atoms with Gasteiger partial charge in [-0.25, -0.2) is 0 Å². The highest BCUT2D eigenvalue weighted by Crippen LogP contribution is 2.28. The van der Waals surface area contributed by atoms with E-state index in [9.17, 15) is 4.79 Å². The minimum atomic E-state index is 0.150. The molecule has 0 atom stereocenters. The van der Waals surface area contributed by atoms with Gasteiger partial charge in [-0.3, -0.25) is 4.79 Å². The minimum absolute atomic E-state index is 0.150. The Morgan fingerprint density at radius 1 is 1.30 bits per heavy atom. The maximum atomic E-state index is 12.0. The summed E-state index contributed by atoms with van der Waals surface area (Å²) in [5.41, 5.74) is 2.12. The molecule has 1 aromatic carbocycles. The van der Waals surface area contributed by atoms with Crippen molar-refractivity contribution in [2.45, 2.75) is 52.0 Å². The Balaban J connectivity index is 1.77. The molecule has 0 heterocycles. The van der Waals surface area contributed by atoms with Gasteiger partial charge in [-0.2, -0.15) is 0 Å². The molecule has 0 radical (unpaired) electrons. The molecule has 0 spiro atoms. The van der Waals surface area contributed by atoms with Crippen LogP contribution in [0.15, 0.2) is 24.3 Å². The van der Waals surface area contributed by atoms with E-state index in [2.05, 4.69) is 29.7 Å². The van der Waals surface area contributed by atoms with Gasteiger partial charge >= 0.3 is 0 Å². The second-order valence-corrected chi connectivity index (χ2v) is 5.72. The lowest BCUT2D eigenvalue weighted by Gasteiger charge is -2.10. The largest absolute Gasteiger partial charge is 0.326 e. The average molecular weight is 274 g/mol. The molecule has 1 saturated carbocycles. The zero-order valence-corrected chi connectivity index (χ0v) is 12.5. The third-order valence-corrected chi connectivity index (χ3v) is 4.04. The Morgan fingerprint density at radius 2 is 2.10 bits per heavy atom. The molecule has 0 unspecified atom stereocenters. The van der Waals surface area contributed by atoms with Gasteiger partial charge in [-0.15, -0.1) is 0 Å². The van der Waals surface area contributed by atoms with Gasteiger partial charge in [-0.05, 0) is 36.6 Å². The van der Waals surface area contributed by atoms with Crippen molar-refractivity contribution in [1.29, 1.82) is 0 Å². The SMILES string of the molecule is CCNCc1cccc(NC(=O)CCC2CCCC2)c1. The predicted molar refractivity (Wildman–Crippen MR) is 83.6 cm³/mol. The molecule has 1 aliphatic rings. The molecule has 1 amide bonds. The molecule has 110 valence electrons. The van der Waals surface area contributed by atoms with Crippen molar-refractivity contribution >= 4 is 11.6 Å². The number of hydrogen-bond acceptors (Lipinski definition) is 2.